The number of rotatable bonds is 7. The van der Waals surface area contributed by atoms with Crippen molar-refractivity contribution in [2.24, 2.45) is 0 Å². The van der Waals surface area contributed by atoms with Crippen molar-refractivity contribution in [2.75, 3.05) is 6.61 Å². The minimum atomic E-state index is -4.30. The Balaban J connectivity index is 1.72. The van der Waals surface area contributed by atoms with E-state index >= 15 is 0 Å². The van der Waals surface area contributed by atoms with Crippen molar-refractivity contribution in [3.05, 3.63) is 52.5 Å². The van der Waals surface area contributed by atoms with E-state index in [0.717, 1.165) is 0 Å². The molecule has 0 spiro atoms. The number of aromatic carboxylic acids is 1. The third kappa shape index (κ3) is 4.13. The van der Waals surface area contributed by atoms with Gasteiger partial charge in [0.05, 0.1) is 0 Å². The third-order valence-electron chi connectivity index (χ3n) is 4.31. The summed E-state index contributed by atoms with van der Waals surface area (Å²) in [6, 6.07) is 2.96. The van der Waals surface area contributed by atoms with Crippen LogP contribution in [-0.4, -0.2) is 50.8 Å². The first-order valence-electron chi connectivity index (χ1n) is 8.35. The fraction of sp³-hybridized carbons (Fsp3) is 0.333. The van der Waals surface area contributed by atoms with Crippen LogP contribution in [0, 0.1) is 6.92 Å². The summed E-state index contributed by atoms with van der Waals surface area (Å²) in [5.74, 6) is -6.13. The van der Waals surface area contributed by atoms with Crippen LogP contribution >= 0.6 is 0 Å². The molecule has 0 radical (unpaired) electrons. The molecule has 11 heteroatoms. The van der Waals surface area contributed by atoms with Crippen LogP contribution in [0.2, 0.25) is 0 Å². The molecule has 0 saturated carbocycles. The summed E-state index contributed by atoms with van der Waals surface area (Å²) in [5, 5.41) is 9.20. The molecule has 0 bridgehead atoms. The standard InChI is InChI=1S/C18H15F4N3O4/c1-9-4-10(5-24-14(9)29-8-18(21,22)17(19)20)6-25-7-12-11(15(25)26)2-3-23-13(12)16(27)28/h2-5,17H,6-8H2,1H3,(H,27,28). The van der Waals surface area contributed by atoms with Crippen molar-refractivity contribution in [1.82, 2.24) is 14.9 Å². The molecule has 0 unspecified atom stereocenters. The summed E-state index contributed by atoms with van der Waals surface area (Å²) in [7, 11) is 0. The number of carbonyl (C=O) groups is 2. The number of nitrogens with zero attached hydrogens (tertiary/aromatic N) is 3. The lowest BCUT2D eigenvalue weighted by Crippen LogP contribution is -2.34. The Morgan fingerprint density at radius 1 is 1.38 bits per heavy atom. The number of carboxylic acids is 1. The van der Waals surface area contributed by atoms with Gasteiger partial charge in [-0.15, -0.1) is 0 Å². The fourth-order valence-corrected chi connectivity index (χ4v) is 2.90. The second-order valence-electron chi connectivity index (χ2n) is 6.47. The minimum absolute atomic E-state index is 0.0432. The second-order valence-corrected chi connectivity index (χ2v) is 6.47. The van der Waals surface area contributed by atoms with Gasteiger partial charge in [0.1, 0.15) is 0 Å². The number of amides is 1. The van der Waals surface area contributed by atoms with E-state index in [1.807, 2.05) is 0 Å². The van der Waals surface area contributed by atoms with E-state index in [2.05, 4.69) is 9.97 Å². The van der Waals surface area contributed by atoms with E-state index in [4.69, 9.17) is 4.74 Å². The van der Waals surface area contributed by atoms with Crippen molar-refractivity contribution in [3.63, 3.8) is 0 Å². The molecule has 0 aliphatic carbocycles. The quantitative estimate of drug-likeness (QED) is 0.702. The van der Waals surface area contributed by atoms with Gasteiger partial charge in [0, 0.05) is 42.2 Å². The molecular formula is C18H15F4N3O4. The molecule has 1 aliphatic heterocycles. The summed E-state index contributed by atoms with van der Waals surface area (Å²) < 4.78 is 55.1. The lowest BCUT2D eigenvalue weighted by molar-refractivity contribution is -0.148. The van der Waals surface area contributed by atoms with Gasteiger partial charge in [-0.2, -0.15) is 8.78 Å². The Kier molecular flexibility index (Phi) is 5.40. The smallest absolute Gasteiger partial charge is 0.354 e. The molecule has 2 aromatic rings. The van der Waals surface area contributed by atoms with Gasteiger partial charge >= 0.3 is 18.3 Å². The average molecular weight is 413 g/mol. The summed E-state index contributed by atoms with van der Waals surface area (Å²) in [4.78, 5) is 32.8. The lowest BCUT2D eigenvalue weighted by atomic mass is 10.1. The number of hydrogen-bond acceptors (Lipinski definition) is 5. The molecule has 0 saturated heterocycles. The van der Waals surface area contributed by atoms with Crippen molar-refractivity contribution >= 4 is 11.9 Å². The van der Waals surface area contributed by atoms with E-state index in [1.54, 1.807) is 0 Å². The number of alkyl halides is 4. The van der Waals surface area contributed by atoms with Crippen molar-refractivity contribution in [3.8, 4) is 5.88 Å². The highest BCUT2D eigenvalue weighted by atomic mass is 19.3. The van der Waals surface area contributed by atoms with Crippen LogP contribution in [0.4, 0.5) is 17.6 Å². The van der Waals surface area contributed by atoms with Gasteiger partial charge in [-0.3, -0.25) is 4.79 Å². The van der Waals surface area contributed by atoms with Crippen molar-refractivity contribution < 1.29 is 37.0 Å². The molecule has 1 amide bonds. The monoisotopic (exact) mass is 413 g/mol. The highest BCUT2D eigenvalue weighted by Gasteiger charge is 2.42. The van der Waals surface area contributed by atoms with Crippen LogP contribution in [0.3, 0.4) is 0 Å². The van der Waals surface area contributed by atoms with Crippen LogP contribution < -0.4 is 4.74 Å². The molecule has 29 heavy (non-hydrogen) atoms. The Morgan fingerprint density at radius 2 is 2.10 bits per heavy atom. The topological polar surface area (TPSA) is 92.6 Å². The van der Waals surface area contributed by atoms with E-state index in [1.165, 1.54) is 36.4 Å². The first-order valence-corrected chi connectivity index (χ1v) is 8.35. The number of carboxylic acid groups (broad SMARTS) is 1. The molecule has 2 aromatic heterocycles. The van der Waals surface area contributed by atoms with Gasteiger partial charge in [-0.05, 0) is 24.6 Å². The van der Waals surface area contributed by atoms with Gasteiger partial charge in [0.15, 0.2) is 12.3 Å². The average Bonchev–Trinajstić information content (AvgIpc) is 2.96. The molecule has 1 aliphatic rings. The molecule has 0 fully saturated rings. The first-order chi connectivity index (χ1) is 13.6. The highest BCUT2D eigenvalue weighted by Crippen LogP contribution is 2.28. The summed E-state index contributed by atoms with van der Waals surface area (Å²) in [6.07, 6.45) is -1.33. The molecule has 0 atom stereocenters. The maximum Gasteiger partial charge on any atom is 0.354 e. The van der Waals surface area contributed by atoms with Gasteiger partial charge in [0.25, 0.3) is 5.91 Å². The Morgan fingerprint density at radius 3 is 2.72 bits per heavy atom. The number of hydrogen-bond donors (Lipinski definition) is 1. The number of aryl methyl sites for hydroxylation is 1. The summed E-state index contributed by atoms with van der Waals surface area (Å²) in [5.41, 5.74) is 1.21. The predicted octanol–water partition coefficient (Wildman–Crippen LogP) is 2.92. The maximum absolute atomic E-state index is 13.0. The van der Waals surface area contributed by atoms with Crippen LogP contribution in [0.25, 0.3) is 0 Å². The Labute approximate surface area is 161 Å². The molecule has 3 rings (SSSR count). The SMILES string of the molecule is Cc1cc(CN2Cc3c(ccnc3C(=O)O)C2=O)cnc1OCC(F)(F)C(F)F. The third-order valence-corrected chi connectivity index (χ3v) is 4.31. The normalized spacial score (nSPS) is 13.7. The minimum Gasteiger partial charge on any atom is -0.477 e. The van der Waals surface area contributed by atoms with Gasteiger partial charge in [-0.25, -0.2) is 23.5 Å². The van der Waals surface area contributed by atoms with Gasteiger partial charge < -0.3 is 14.7 Å². The Bertz CT molecular complexity index is 968. The summed E-state index contributed by atoms with van der Waals surface area (Å²) in [6.45, 7) is 0.109. The molecule has 154 valence electrons. The van der Waals surface area contributed by atoms with E-state index in [-0.39, 0.29) is 36.1 Å². The number of carbonyl (C=O) groups excluding carboxylic acids is 1. The number of pyridine rings is 2. The van der Waals surface area contributed by atoms with Crippen LogP contribution in [-0.2, 0) is 13.1 Å². The zero-order valence-corrected chi connectivity index (χ0v) is 15.0. The zero-order chi connectivity index (χ0) is 21.3. The molecule has 3 heterocycles. The lowest BCUT2D eigenvalue weighted by Gasteiger charge is -2.18. The fourth-order valence-electron chi connectivity index (χ4n) is 2.90. The molecule has 7 nitrogen and oxygen atoms in total. The van der Waals surface area contributed by atoms with E-state index < -0.39 is 24.9 Å². The first kappa shape index (κ1) is 20.5. The summed E-state index contributed by atoms with van der Waals surface area (Å²) >= 11 is 0. The highest BCUT2D eigenvalue weighted by molar-refractivity contribution is 6.01. The number of halogens is 4. The van der Waals surface area contributed by atoms with Crippen LogP contribution in [0.15, 0.2) is 24.5 Å². The van der Waals surface area contributed by atoms with Gasteiger partial charge in [0.2, 0.25) is 5.88 Å². The van der Waals surface area contributed by atoms with E-state index in [9.17, 15) is 32.3 Å². The molecular weight excluding hydrogens is 398 g/mol. The molecule has 0 aromatic carbocycles. The maximum atomic E-state index is 13.0. The van der Waals surface area contributed by atoms with Crippen molar-refractivity contribution in [2.45, 2.75) is 32.4 Å². The largest absolute Gasteiger partial charge is 0.477 e. The molecule has 1 N–H and O–H groups in total. The predicted molar refractivity (Wildman–Crippen MR) is 90.2 cm³/mol. The van der Waals surface area contributed by atoms with Crippen LogP contribution in [0.5, 0.6) is 5.88 Å². The van der Waals surface area contributed by atoms with Gasteiger partial charge in [-0.1, -0.05) is 0 Å². The van der Waals surface area contributed by atoms with Crippen LogP contribution in [0.1, 0.15) is 37.5 Å². The van der Waals surface area contributed by atoms with Crippen molar-refractivity contribution in [1.29, 1.82) is 0 Å². The Hall–Kier alpha value is -3.24. The van der Waals surface area contributed by atoms with E-state index in [0.29, 0.717) is 16.7 Å². The number of ether oxygens (including phenoxy) is 1. The number of aromatic nitrogens is 2. The second kappa shape index (κ2) is 7.64. The number of fused-ring (bicyclic) bond motifs is 1. The zero-order valence-electron chi connectivity index (χ0n) is 15.0.